The van der Waals surface area contributed by atoms with Crippen molar-refractivity contribution in [3.63, 3.8) is 0 Å². The fraction of sp³-hybridized carbons (Fsp3) is 0.192. The molecule has 172 valence electrons. The largest absolute Gasteiger partial charge is 0.507 e. The number of amides is 1. The molecule has 5 rings (SSSR count). The Morgan fingerprint density at radius 3 is 2.41 bits per heavy atom. The molecule has 1 saturated heterocycles. The molecule has 2 aliphatic rings. The van der Waals surface area contributed by atoms with Crippen molar-refractivity contribution >= 4 is 28.8 Å². The Balaban J connectivity index is 1.65. The van der Waals surface area contributed by atoms with E-state index in [0.717, 1.165) is 5.69 Å². The van der Waals surface area contributed by atoms with Crippen LogP contribution in [-0.4, -0.2) is 49.1 Å². The van der Waals surface area contributed by atoms with Gasteiger partial charge in [0.25, 0.3) is 11.7 Å². The molecule has 8 nitrogen and oxygen atoms in total. The molecular weight excluding hydrogens is 434 g/mol. The quantitative estimate of drug-likeness (QED) is 0.364. The molecule has 3 heterocycles. The van der Waals surface area contributed by atoms with Crippen molar-refractivity contribution in [1.82, 2.24) is 4.98 Å². The molecule has 0 aliphatic carbocycles. The zero-order valence-corrected chi connectivity index (χ0v) is 18.8. The monoisotopic (exact) mass is 457 g/mol. The molecule has 0 radical (unpaired) electrons. The molecule has 1 N–H and O–H groups in total. The molecule has 1 unspecified atom stereocenters. The number of anilines is 2. The van der Waals surface area contributed by atoms with Crippen LogP contribution in [0.25, 0.3) is 5.76 Å². The number of benzene rings is 2. The second-order valence-electron chi connectivity index (χ2n) is 8.19. The highest BCUT2D eigenvalue weighted by Gasteiger charge is 2.47. The second kappa shape index (κ2) is 8.55. The SMILES string of the molecule is CN(C)c1ccc(N2C(=O)C(=O)/C(=C(\O)c3ccc4c(c3)OCCO4)C2c2ccccn2)cc1. The van der Waals surface area contributed by atoms with Crippen LogP contribution in [0.15, 0.2) is 72.4 Å². The number of ketones is 1. The van der Waals surface area contributed by atoms with Crippen molar-refractivity contribution < 1.29 is 24.2 Å². The summed E-state index contributed by atoms with van der Waals surface area (Å²) >= 11 is 0. The average Bonchev–Trinajstić information content (AvgIpc) is 3.14. The number of pyridine rings is 1. The summed E-state index contributed by atoms with van der Waals surface area (Å²) in [6.45, 7) is 0.828. The van der Waals surface area contributed by atoms with Gasteiger partial charge >= 0.3 is 0 Å². The highest BCUT2D eigenvalue weighted by molar-refractivity contribution is 6.51. The van der Waals surface area contributed by atoms with Gasteiger partial charge < -0.3 is 19.5 Å². The highest BCUT2D eigenvalue weighted by atomic mass is 16.6. The number of carbonyl (C=O) groups is 2. The molecule has 8 heteroatoms. The van der Waals surface area contributed by atoms with Crippen LogP contribution in [0.1, 0.15) is 17.3 Å². The van der Waals surface area contributed by atoms with Gasteiger partial charge in [-0.25, -0.2) is 0 Å². The van der Waals surface area contributed by atoms with Gasteiger partial charge in [-0.2, -0.15) is 0 Å². The molecule has 2 aliphatic heterocycles. The summed E-state index contributed by atoms with van der Waals surface area (Å²) in [6.07, 6.45) is 1.59. The van der Waals surface area contributed by atoms with Gasteiger partial charge in [-0.15, -0.1) is 0 Å². The second-order valence-corrected chi connectivity index (χ2v) is 8.19. The lowest BCUT2D eigenvalue weighted by Gasteiger charge is -2.25. The molecule has 2 aromatic carbocycles. The smallest absolute Gasteiger partial charge is 0.300 e. The van der Waals surface area contributed by atoms with Gasteiger partial charge in [0.2, 0.25) is 0 Å². The third-order valence-electron chi connectivity index (χ3n) is 5.87. The number of nitrogens with zero attached hydrogens (tertiary/aromatic N) is 3. The number of ether oxygens (including phenoxy) is 2. The van der Waals surface area contributed by atoms with Crippen LogP contribution in [0, 0.1) is 0 Å². The Bertz CT molecular complexity index is 1290. The van der Waals surface area contributed by atoms with Crippen molar-refractivity contribution in [2.75, 3.05) is 37.1 Å². The number of rotatable bonds is 4. The number of aliphatic hydroxyl groups excluding tert-OH is 1. The Hall–Kier alpha value is -4.33. The van der Waals surface area contributed by atoms with Crippen LogP contribution in [0.5, 0.6) is 11.5 Å². The Morgan fingerprint density at radius 1 is 1.00 bits per heavy atom. The number of fused-ring (bicyclic) bond motifs is 1. The van der Waals surface area contributed by atoms with Gasteiger partial charge in [-0.3, -0.25) is 19.5 Å². The van der Waals surface area contributed by atoms with Gasteiger partial charge in [0.15, 0.2) is 11.5 Å². The first-order chi connectivity index (χ1) is 16.5. The number of aliphatic hydroxyl groups is 1. The zero-order valence-electron chi connectivity index (χ0n) is 18.8. The lowest BCUT2D eigenvalue weighted by molar-refractivity contribution is -0.132. The summed E-state index contributed by atoms with van der Waals surface area (Å²) in [6, 6.07) is 16.6. The number of Topliss-reactive ketones (excluding diaryl/α,β-unsaturated/α-hetero) is 1. The van der Waals surface area contributed by atoms with E-state index < -0.39 is 17.7 Å². The summed E-state index contributed by atoms with van der Waals surface area (Å²) in [5, 5.41) is 11.3. The van der Waals surface area contributed by atoms with Crippen LogP contribution in [0.2, 0.25) is 0 Å². The predicted octanol–water partition coefficient (Wildman–Crippen LogP) is 3.55. The Morgan fingerprint density at radius 2 is 1.74 bits per heavy atom. The molecule has 1 atom stereocenters. The average molecular weight is 457 g/mol. The molecule has 0 bridgehead atoms. The van der Waals surface area contributed by atoms with Gasteiger partial charge in [0, 0.05) is 37.2 Å². The lowest BCUT2D eigenvalue weighted by atomic mass is 9.98. The first-order valence-electron chi connectivity index (χ1n) is 10.8. The number of carbonyl (C=O) groups excluding carboxylic acids is 2. The predicted molar refractivity (Wildman–Crippen MR) is 127 cm³/mol. The number of aromatic nitrogens is 1. The van der Waals surface area contributed by atoms with E-state index in [-0.39, 0.29) is 11.3 Å². The maximum atomic E-state index is 13.3. The zero-order chi connectivity index (χ0) is 23.8. The Kier molecular flexibility index (Phi) is 5.41. The van der Waals surface area contributed by atoms with Gasteiger partial charge in [0.1, 0.15) is 25.0 Å². The van der Waals surface area contributed by atoms with Crippen molar-refractivity contribution in [2.24, 2.45) is 0 Å². The van der Waals surface area contributed by atoms with Crippen molar-refractivity contribution in [3.05, 3.63) is 83.7 Å². The first-order valence-corrected chi connectivity index (χ1v) is 10.8. The van der Waals surface area contributed by atoms with Gasteiger partial charge in [-0.1, -0.05) is 6.07 Å². The lowest BCUT2D eigenvalue weighted by Crippen LogP contribution is -2.29. The minimum Gasteiger partial charge on any atom is -0.507 e. The molecule has 34 heavy (non-hydrogen) atoms. The topological polar surface area (TPSA) is 92.2 Å². The normalized spacial score (nSPS) is 18.8. The highest BCUT2D eigenvalue weighted by Crippen LogP contribution is 2.42. The third kappa shape index (κ3) is 3.63. The minimum absolute atomic E-state index is 0.0305. The maximum Gasteiger partial charge on any atom is 0.300 e. The van der Waals surface area contributed by atoms with Crippen molar-refractivity contribution in [3.8, 4) is 11.5 Å². The molecule has 0 saturated carbocycles. The van der Waals surface area contributed by atoms with E-state index in [1.54, 1.807) is 54.7 Å². The molecule has 1 fully saturated rings. The van der Waals surface area contributed by atoms with Gasteiger partial charge in [-0.05, 0) is 54.6 Å². The summed E-state index contributed by atoms with van der Waals surface area (Å²) in [5.41, 5.74) is 2.27. The van der Waals surface area contributed by atoms with E-state index in [9.17, 15) is 14.7 Å². The van der Waals surface area contributed by atoms with E-state index in [2.05, 4.69) is 4.98 Å². The van der Waals surface area contributed by atoms with Crippen LogP contribution < -0.4 is 19.3 Å². The van der Waals surface area contributed by atoms with Crippen LogP contribution in [0.3, 0.4) is 0 Å². The van der Waals surface area contributed by atoms with Gasteiger partial charge in [0.05, 0.1) is 11.3 Å². The van der Waals surface area contributed by atoms with Crippen LogP contribution in [0.4, 0.5) is 11.4 Å². The molecule has 3 aromatic rings. The minimum atomic E-state index is -0.889. The Labute approximate surface area is 196 Å². The summed E-state index contributed by atoms with van der Waals surface area (Å²) < 4.78 is 11.2. The number of hydrogen-bond donors (Lipinski definition) is 1. The molecule has 1 amide bonds. The summed E-state index contributed by atoms with van der Waals surface area (Å²) in [4.78, 5) is 34.2. The summed E-state index contributed by atoms with van der Waals surface area (Å²) in [5.74, 6) is -0.769. The van der Waals surface area contributed by atoms with E-state index >= 15 is 0 Å². The fourth-order valence-electron chi connectivity index (χ4n) is 4.17. The summed E-state index contributed by atoms with van der Waals surface area (Å²) in [7, 11) is 3.84. The molecular formula is C26H23N3O5. The van der Waals surface area contributed by atoms with E-state index in [1.807, 2.05) is 31.1 Å². The van der Waals surface area contributed by atoms with E-state index in [0.29, 0.717) is 41.7 Å². The van der Waals surface area contributed by atoms with Crippen molar-refractivity contribution in [1.29, 1.82) is 0 Å². The molecule has 1 aromatic heterocycles. The van der Waals surface area contributed by atoms with Crippen molar-refractivity contribution in [2.45, 2.75) is 6.04 Å². The third-order valence-corrected chi connectivity index (χ3v) is 5.87. The number of hydrogen-bond acceptors (Lipinski definition) is 7. The maximum absolute atomic E-state index is 13.3. The molecule has 0 spiro atoms. The van der Waals surface area contributed by atoms with Crippen LogP contribution >= 0.6 is 0 Å². The van der Waals surface area contributed by atoms with E-state index in [1.165, 1.54) is 4.90 Å². The standard InChI is InChI=1S/C26H23N3O5/c1-28(2)17-7-9-18(10-8-17)29-23(19-5-3-4-12-27-19)22(25(31)26(29)32)24(30)16-6-11-20-21(15-16)34-14-13-33-20/h3-12,15,23,30H,13-14H2,1-2H3/b24-22-. The van der Waals surface area contributed by atoms with E-state index in [4.69, 9.17) is 9.47 Å². The fourth-order valence-corrected chi connectivity index (χ4v) is 4.17. The first kappa shape index (κ1) is 21.5. The van der Waals surface area contributed by atoms with Crippen LogP contribution in [-0.2, 0) is 9.59 Å².